The van der Waals surface area contributed by atoms with Gasteiger partial charge in [0.15, 0.2) is 0 Å². The normalized spacial score (nSPS) is 11.8. The second-order valence-electron chi connectivity index (χ2n) is 6.75. The molecule has 1 N–H and O–H groups in total. The monoisotopic (exact) mass is 468 g/mol. The Morgan fingerprint density at radius 3 is 2.59 bits per heavy atom. The SMILES string of the molecule is CO/N=C/c1cccc(-c2cc(C(F)(F)F)cc(Cl)c2NC(=O)c2c(C)nn(C)c2F)c1. The number of alkyl halides is 3. The Morgan fingerprint density at radius 1 is 1.28 bits per heavy atom. The summed E-state index contributed by atoms with van der Waals surface area (Å²) in [5.74, 6) is -1.78. The molecule has 6 nitrogen and oxygen atoms in total. The van der Waals surface area contributed by atoms with Gasteiger partial charge in [-0.25, -0.2) is 4.68 Å². The summed E-state index contributed by atoms with van der Waals surface area (Å²) < 4.78 is 55.5. The van der Waals surface area contributed by atoms with Gasteiger partial charge in [0.2, 0.25) is 5.95 Å². The molecule has 0 spiro atoms. The number of aromatic nitrogens is 2. The third-order valence-electron chi connectivity index (χ3n) is 4.54. The number of anilines is 1. The standard InChI is InChI=1S/C21H17ClF4N4O2/c1-11-17(19(23)30(2)29-11)20(31)28-18-15(8-14(9-16(18)22)21(24,25)26)13-6-4-5-12(7-13)10-27-32-3/h4-10H,1-3H3,(H,28,31)/b27-10+. The minimum atomic E-state index is -4.68. The van der Waals surface area contributed by atoms with Crippen LogP contribution in [0.5, 0.6) is 0 Å². The van der Waals surface area contributed by atoms with Gasteiger partial charge >= 0.3 is 6.18 Å². The fourth-order valence-electron chi connectivity index (χ4n) is 3.09. The van der Waals surface area contributed by atoms with Crippen LogP contribution in [-0.4, -0.2) is 29.0 Å². The first kappa shape index (κ1) is 23.3. The lowest BCUT2D eigenvalue weighted by molar-refractivity contribution is -0.137. The Hall–Kier alpha value is -3.40. The molecule has 0 fully saturated rings. The molecule has 3 aromatic rings. The zero-order chi connectivity index (χ0) is 23.6. The van der Waals surface area contributed by atoms with Crippen molar-refractivity contribution in [1.82, 2.24) is 9.78 Å². The molecule has 0 radical (unpaired) electrons. The molecule has 2 aromatic carbocycles. The van der Waals surface area contributed by atoms with E-state index in [4.69, 9.17) is 11.6 Å². The van der Waals surface area contributed by atoms with Gasteiger partial charge in [0, 0.05) is 12.6 Å². The van der Waals surface area contributed by atoms with Crippen molar-refractivity contribution >= 4 is 29.4 Å². The summed E-state index contributed by atoms with van der Waals surface area (Å²) in [6.07, 6.45) is -3.31. The van der Waals surface area contributed by atoms with Crippen LogP contribution < -0.4 is 5.32 Å². The number of hydrogen-bond donors (Lipinski definition) is 1. The summed E-state index contributed by atoms with van der Waals surface area (Å²) >= 11 is 6.15. The number of oxime groups is 1. The molecule has 0 saturated carbocycles. The zero-order valence-electron chi connectivity index (χ0n) is 17.1. The zero-order valence-corrected chi connectivity index (χ0v) is 17.8. The molecule has 0 saturated heterocycles. The number of hydrogen-bond acceptors (Lipinski definition) is 4. The molecule has 0 aliphatic rings. The molecule has 11 heteroatoms. The molecule has 0 aliphatic carbocycles. The van der Waals surface area contributed by atoms with Crippen LogP contribution in [0.4, 0.5) is 23.2 Å². The minimum absolute atomic E-state index is 0.00667. The number of amides is 1. The highest BCUT2D eigenvalue weighted by atomic mass is 35.5. The third-order valence-corrected chi connectivity index (χ3v) is 4.84. The minimum Gasteiger partial charge on any atom is -0.399 e. The Kier molecular flexibility index (Phi) is 6.54. The molecule has 168 valence electrons. The molecule has 0 atom stereocenters. The average molecular weight is 469 g/mol. The van der Waals surface area contributed by atoms with E-state index in [0.717, 1.165) is 10.7 Å². The third kappa shape index (κ3) is 4.75. The van der Waals surface area contributed by atoms with Crippen LogP contribution in [0.25, 0.3) is 11.1 Å². The summed E-state index contributed by atoms with van der Waals surface area (Å²) in [4.78, 5) is 17.4. The van der Waals surface area contributed by atoms with Crippen LogP contribution in [0.15, 0.2) is 41.6 Å². The summed E-state index contributed by atoms with van der Waals surface area (Å²) in [5, 5.41) is 9.55. The summed E-state index contributed by atoms with van der Waals surface area (Å²) in [7, 11) is 2.67. The van der Waals surface area contributed by atoms with Crippen molar-refractivity contribution < 1.29 is 27.2 Å². The van der Waals surface area contributed by atoms with Crippen LogP contribution >= 0.6 is 11.6 Å². The molecular weight excluding hydrogens is 452 g/mol. The van der Waals surface area contributed by atoms with E-state index in [2.05, 4.69) is 20.4 Å². The fourth-order valence-corrected chi connectivity index (χ4v) is 3.36. The lowest BCUT2D eigenvalue weighted by atomic mass is 9.98. The molecule has 1 aromatic heterocycles. The molecule has 0 unspecified atom stereocenters. The van der Waals surface area contributed by atoms with Crippen molar-refractivity contribution in [2.45, 2.75) is 13.1 Å². The van der Waals surface area contributed by atoms with E-state index in [0.29, 0.717) is 17.2 Å². The molecule has 32 heavy (non-hydrogen) atoms. The van der Waals surface area contributed by atoms with Crippen molar-refractivity contribution in [3.05, 3.63) is 69.8 Å². The van der Waals surface area contributed by atoms with Gasteiger partial charge in [0.05, 0.1) is 28.2 Å². The number of carbonyl (C=O) groups excluding carboxylic acids is 1. The topological polar surface area (TPSA) is 68.5 Å². The van der Waals surface area contributed by atoms with Crippen LogP contribution in [0.1, 0.15) is 27.2 Å². The van der Waals surface area contributed by atoms with E-state index < -0.39 is 23.6 Å². The van der Waals surface area contributed by atoms with Crippen LogP contribution in [-0.2, 0) is 18.1 Å². The molecular formula is C21H17ClF4N4O2. The fraction of sp³-hybridized carbons (Fsp3) is 0.190. The highest BCUT2D eigenvalue weighted by Gasteiger charge is 2.33. The first-order valence-electron chi connectivity index (χ1n) is 9.11. The smallest absolute Gasteiger partial charge is 0.399 e. The predicted molar refractivity (Wildman–Crippen MR) is 112 cm³/mol. The maximum atomic E-state index is 14.3. The van der Waals surface area contributed by atoms with Gasteiger partial charge in [0.1, 0.15) is 12.7 Å². The quantitative estimate of drug-likeness (QED) is 0.308. The van der Waals surface area contributed by atoms with Crippen molar-refractivity contribution in [3.63, 3.8) is 0 Å². The van der Waals surface area contributed by atoms with Crippen molar-refractivity contribution in [3.8, 4) is 11.1 Å². The van der Waals surface area contributed by atoms with Gasteiger partial charge < -0.3 is 10.2 Å². The Balaban J connectivity index is 2.16. The second kappa shape index (κ2) is 8.99. The van der Waals surface area contributed by atoms with Gasteiger partial charge in [-0.2, -0.15) is 22.7 Å². The summed E-state index contributed by atoms with van der Waals surface area (Å²) in [5.41, 5.74) is -0.488. The maximum Gasteiger partial charge on any atom is 0.416 e. The number of nitrogens with zero attached hydrogens (tertiary/aromatic N) is 3. The van der Waals surface area contributed by atoms with Crippen molar-refractivity contribution in [2.24, 2.45) is 12.2 Å². The van der Waals surface area contributed by atoms with E-state index in [1.165, 1.54) is 27.3 Å². The number of halogens is 5. The van der Waals surface area contributed by atoms with Crippen molar-refractivity contribution in [2.75, 3.05) is 12.4 Å². The van der Waals surface area contributed by atoms with E-state index in [9.17, 15) is 22.4 Å². The van der Waals surface area contributed by atoms with E-state index in [1.54, 1.807) is 24.3 Å². The predicted octanol–water partition coefficient (Wildman–Crippen LogP) is 5.44. The van der Waals surface area contributed by atoms with Gasteiger partial charge in [-0.3, -0.25) is 4.79 Å². The Bertz CT molecular complexity index is 1210. The number of rotatable bonds is 5. The highest BCUT2D eigenvalue weighted by molar-refractivity contribution is 6.35. The van der Waals surface area contributed by atoms with Gasteiger partial charge in [-0.1, -0.05) is 35.0 Å². The summed E-state index contributed by atoms with van der Waals surface area (Å²) in [6.45, 7) is 1.44. The molecule has 1 heterocycles. The number of aryl methyl sites for hydroxylation is 2. The van der Waals surface area contributed by atoms with Gasteiger partial charge in [0.25, 0.3) is 5.91 Å². The lowest BCUT2D eigenvalue weighted by Crippen LogP contribution is -2.16. The highest BCUT2D eigenvalue weighted by Crippen LogP contribution is 2.41. The van der Waals surface area contributed by atoms with E-state index in [-0.39, 0.29) is 27.5 Å². The number of carbonyl (C=O) groups is 1. The van der Waals surface area contributed by atoms with Gasteiger partial charge in [-0.15, -0.1) is 0 Å². The van der Waals surface area contributed by atoms with Gasteiger partial charge in [-0.05, 0) is 36.2 Å². The van der Waals surface area contributed by atoms with Crippen LogP contribution in [0, 0.1) is 12.9 Å². The molecule has 0 aliphatic heterocycles. The van der Waals surface area contributed by atoms with E-state index in [1.807, 2.05) is 0 Å². The average Bonchev–Trinajstić information content (AvgIpc) is 2.98. The molecule has 0 bridgehead atoms. The number of benzene rings is 2. The summed E-state index contributed by atoms with van der Waals surface area (Å²) in [6, 6.07) is 7.90. The Labute approximate surface area is 185 Å². The largest absolute Gasteiger partial charge is 0.416 e. The van der Waals surface area contributed by atoms with E-state index >= 15 is 0 Å². The number of nitrogens with one attached hydrogen (secondary N) is 1. The Morgan fingerprint density at radius 2 is 2.00 bits per heavy atom. The molecule has 1 amide bonds. The van der Waals surface area contributed by atoms with Crippen LogP contribution in [0.2, 0.25) is 5.02 Å². The van der Waals surface area contributed by atoms with Crippen LogP contribution in [0.3, 0.4) is 0 Å². The van der Waals surface area contributed by atoms with Crippen molar-refractivity contribution in [1.29, 1.82) is 0 Å². The second-order valence-corrected chi connectivity index (χ2v) is 7.16. The molecule has 3 rings (SSSR count). The lowest BCUT2D eigenvalue weighted by Gasteiger charge is -2.17. The maximum absolute atomic E-state index is 14.3. The first-order chi connectivity index (χ1) is 15.0. The first-order valence-corrected chi connectivity index (χ1v) is 9.49.